The molecule has 0 aliphatic carbocycles. The van der Waals surface area contributed by atoms with E-state index in [9.17, 15) is 8.42 Å². The number of pyridine rings is 1. The first kappa shape index (κ1) is 17.5. The van der Waals surface area contributed by atoms with Crippen molar-refractivity contribution in [3.63, 3.8) is 0 Å². The highest BCUT2D eigenvalue weighted by atomic mass is 32.2. The Morgan fingerprint density at radius 1 is 0.880 bits per heavy atom. The van der Waals surface area contributed by atoms with Gasteiger partial charge >= 0.3 is 0 Å². The molecule has 0 radical (unpaired) electrons. The van der Waals surface area contributed by atoms with Crippen LogP contribution in [-0.4, -0.2) is 33.0 Å². The van der Waals surface area contributed by atoms with Crippen molar-refractivity contribution in [1.29, 1.82) is 0 Å². The maximum atomic E-state index is 12.5. The van der Waals surface area contributed by atoms with Crippen LogP contribution in [0.5, 0.6) is 0 Å². The van der Waals surface area contributed by atoms with Gasteiger partial charge in [-0.15, -0.1) is 0 Å². The summed E-state index contributed by atoms with van der Waals surface area (Å²) in [6, 6.07) is 17.1. The van der Waals surface area contributed by atoms with Crippen LogP contribution >= 0.6 is 0 Å². The molecule has 5 nitrogen and oxygen atoms in total. The van der Waals surface area contributed by atoms with Crippen molar-refractivity contribution >= 4 is 20.8 Å². The Morgan fingerprint density at radius 2 is 1.72 bits per heavy atom. The number of sulfonamides is 1. The van der Waals surface area contributed by atoms with Crippen LogP contribution in [0.3, 0.4) is 0 Å². The second-order valence-corrected chi connectivity index (χ2v) is 7.47. The third-order valence-corrected chi connectivity index (χ3v) is 5.48. The van der Waals surface area contributed by atoms with Gasteiger partial charge in [-0.25, -0.2) is 13.1 Å². The van der Waals surface area contributed by atoms with Crippen LogP contribution < -0.4 is 10.0 Å². The largest absolute Gasteiger partial charge is 0.315 e. The van der Waals surface area contributed by atoms with Gasteiger partial charge in [0.25, 0.3) is 0 Å². The van der Waals surface area contributed by atoms with Gasteiger partial charge in [-0.1, -0.05) is 42.5 Å². The van der Waals surface area contributed by atoms with Crippen LogP contribution in [0.1, 0.15) is 5.56 Å². The van der Waals surface area contributed by atoms with Crippen LogP contribution in [0, 0.1) is 0 Å². The number of aromatic nitrogens is 1. The predicted molar refractivity (Wildman–Crippen MR) is 99.9 cm³/mol. The van der Waals surface area contributed by atoms with E-state index >= 15 is 0 Å². The first-order valence-electron chi connectivity index (χ1n) is 8.24. The van der Waals surface area contributed by atoms with Gasteiger partial charge in [0.1, 0.15) is 0 Å². The average molecular weight is 355 g/mol. The summed E-state index contributed by atoms with van der Waals surface area (Å²) in [5, 5.41) is 4.75. The molecule has 0 saturated carbocycles. The van der Waals surface area contributed by atoms with Gasteiger partial charge in [0.2, 0.25) is 10.0 Å². The Labute approximate surface area is 148 Å². The molecular weight excluding hydrogens is 334 g/mol. The monoisotopic (exact) mass is 355 g/mol. The summed E-state index contributed by atoms with van der Waals surface area (Å²) in [5.41, 5.74) is 1.26. The summed E-state index contributed by atoms with van der Waals surface area (Å²) in [7, 11) is -3.54. The van der Waals surface area contributed by atoms with Crippen LogP contribution in [0.25, 0.3) is 10.8 Å². The Kier molecular flexibility index (Phi) is 5.75. The van der Waals surface area contributed by atoms with Crippen molar-refractivity contribution in [3.05, 3.63) is 72.6 Å². The molecular formula is C19H21N3O2S. The Hall–Kier alpha value is -2.28. The van der Waals surface area contributed by atoms with Crippen molar-refractivity contribution in [2.75, 3.05) is 19.6 Å². The van der Waals surface area contributed by atoms with Crippen LogP contribution in [0.2, 0.25) is 0 Å². The molecule has 6 heteroatoms. The van der Waals surface area contributed by atoms with Gasteiger partial charge in [0, 0.05) is 36.3 Å². The second-order valence-electron chi connectivity index (χ2n) is 5.74. The smallest absolute Gasteiger partial charge is 0.241 e. The zero-order valence-corrected chi connectivity index (χ0v) is 14.7. The van der Waals surface area contributed by atoms with Crippen LogP contribution in [0.4, 0.5) is 0 Å². The average Bonchev–Trinajstić information content (AvgIpc) is 2.65. The lowest BCUT2D eigenvalue weighted by molar-refractivity contribution is 0.577. The van der Waals surface area contributed by atoms with Gasteiger partial charge < -0.3 is 5.32 Å². The highest BCUT2D eigenvalue weighted by molar-refractivity contribution is 7.89. The third-order valence-electron chi connectivity index (χ3n) is 3.96. The Bertz CT molecular complexity index is 922. The molecule has 1 aromatic heterocycles. The maximum absolute atomic E-state index is 12.5. The van der Waals surface area contributed by atoms with Crippen molar-refractivity contribution < 1.29 is 8.42 Å². The lowest BCUT2D eigenvalue weighted by atomic mass is 10.1. The molecule has 25 heavy (non-hydrogen) atoms. The third kappa shape index (κ3) is 4.63. The molecule has 0 aliphatic rings. The van der Waals surface area contributed by atoms with E-state index in [4.69, 9.17) is 0 Å². The lowest BCUT2D eigenvalue weighted by Crippen LogP contribution is -2.32. The molecule has 1 heterocycles. The van der Waals surface area contributed by atoms with Gasteiger partial charge in [-0.3, -0.25) is 4.98 Å². The SMILES string of the molecule is O=S(=O)(NCCNCCc1ccccc1)c1cccc2cnccc12. The molecule has 0 saturated heterocycles. The summed E-state index contributed by atoms with van der Waals surface area (Å²) in [4.78, 5) is 4.32. The highest BCUT2D eigenvalue weighted by Crippen LogP contribution is 2.21. The first-order chi connectivity index (χ1) is 12.2. The minimum absolute atomic E-state index is 0.289. The normalized spacial score (nSPS) is 11.7. The van der Waals surface area contributed by atoms with Crippen molar-refractivity contribution in [2.45, 2.75) is 11.3 Å². The minimum Gasteiger partial charge on any atom is -0.315 e. The fourth-order valence-electron chi connectivity index (χ4n) is 2.68. The molecule has 0 spiro atoms. The summed E-state index contributed by atoms with van der Waals surface area (Å²) in [5.74, 6) is 0. The fraction of sp³-hybridized carbons (Fsp3) is 0.211. The fourth-order valence-corrected chi connectivity index (χ4v) is 3.94. The lowest BCUT2D eigenvalue weighted by Gasteiger charge is -2.10. The summed E-state index contributed by atoms with van der Waals surface area (Å²) >= 11 is 0. The van der Waals surface area contributed by atoms with Crippen LogP contribution in [-0.2, 0) is 16.4 Å². The van der Waals surface area contributed by atoms with Gasteiger partial charge in [0.15, 0.2) is 0 Å². The van der Waals surface area contributed by atoms with E-state index in [1.165, 1.54) is 5.56 Å². The summed E-state index contributed by atoms with van der Waals surface area (Å²) in [6.45, 7) is 1.74. The Morgan fingerprint density at radius 3 is 2.56 bits per heavy atom. The molecule has 0 unspecified atom stereocenters. The molecule has 0 bridgehead atoms. The van der Waals surface area contributed by atoms with Crippen molar-refractivity contribution in [1.82, 2.24) is 15.0 Å². The number of fused-ring (bicyclic) bond motifs is 1. The maximum Gasteiger partial charge on any atom is 0.241 e. The molecule has 2 N–H and O–H groups in total. The van der Waals surface area contributed by atoms with Crippen LogP contribution in [0.15, 0.2) is 71.9 Å². The Balaban J connectivity index is 1.52. The zero-order chi connectivity index (χ0) is 17.5. The number of rotatable bonds is 8. The number of hydrogen-bond acceptors (Lipinski definition) is 4. The van der Waals surface area contributed by atoms with Gasteiger partial charge in [-0.05, 0) is 30.7 Å². The topological polar surface area (TPSA) is 71.1 Å². The number of benzene rings is 2. The van der Waals surface area contributed by atoms with E-state index < -0.39 is 10.0 Å². The van der Waals surface area contributed by atoms with Gasteiger partial charge in [-0.2, -0.15) is 0 Å². The molecule has 2 aromatic carbocycles. The molecule has 130 valence electrons. The molecule has 0 aliphatic heterocycles. The standard InChI is InChI=1S/C19H21N3O2S/c23-25(24,19-8-4-7-17-15-21-12-10-18(17)19)22-14-13-20-11-9-16-5-2-1-3-6-16/h1-8,10,12,15,20,22H,9,11,13-14H2. The summed E-state index contributed by atoms with van der Waals surface area (Å²) < 4.78 is 27.7. The zero-order valence-electron chi connectivity index (χ0n) is 13.9. The molecule has 3 rings (SSSR count). The van der Waals surface area contributed by atoms with E-state index in [-0.39, 0.29) is 4.90 Å². The van der Waals surface area contributed by atoms with E-state index in [1.54, 1.807) is 30.6 Å². The highest BCUT2D eigenvalue weighted by Gasteiger charge is 2.16. The van der Waals surface area contributed by atoms with E-state index in [1.807, 2.05) is 24.3 Å². The second kappa shape index (κ2) is 8.20. The van der Waals surface area contributed by atoms with Crippen molar-refractivity contribution in [3.8, 4) is 0 Å². The molecule has 0 atom stereocenters. The summed E-state index contributed by atoms with van der Waals surface area (Å²) in [6.07, 6.45) is 4.19. The first-order valence-corrected chi connectivity index (χ1v) is 9.72. The molecule has 0 fully saturated rings. The van der Waals surface area contributed by atoms with E-state index in [2.05, 4.69) is 27.2 Å². The van der Waals surface area contributed by atoms with Gasteiger partial charge in [0.05, 0.1) is 4.90 Å². The molecule has 3 aromatic rings. The quantitative estimate of drug-likeness (QED) is 0.609. The minimum atomic E-state index is -3.54. The number of nitrogens with one attached hydrogen (secondary N) is 2. The predicted octanol–water partition coefficient (Wildman–Crippen LogP) is 2.35. The number of nitrogens with zero attached hydrogens (tertiary/aromatic N) is 1. The van der Waals surface area contributed by atoms with E-state index in [0.717, 1.165) is 18.4 Å². The van der Waals surface area contributed by atoms with E-state index in [0.29, 0.717) is 18.5 Å². The number of hydrogen-bond donors (Lipinski definition) is 2. The molecule has 0 amide bonds. The van der Waals surface area contributed by atoms with Crippen molar-refractivity contribution in [2.24, 2.45) is 0 Å².